The zero-order chi connectivity index (χ0) is 15.5. The van der Waals surface area contributed by atoms with Crippen LogP contribution in [0, 0.1) is 0 Å². The highest BCUT2D eigenvalue weighted by Gasteiger charge is 2.25. The Balaban J connectivity index is 0.00000192. The van der Waals surface area contributed by atoms with Crippen LogP contribution in [-0.4, -0.2) is 44.9 Å². The molecule has 7 heteroatoms. The van der Waals surface area contributed by atoms with Crippen LogP contribution in [0.3, 0.4) is 0 Å². The topological polar surface area (TPSA) is 68.8 Å². The summed E-state index contributed by atoms with van der Waals surface area (Å²) in [5.74, 6) is 1.54. The lowest BCUT2D eigenvalue weighted by atomic mass is 9.99. The number of ether oxygens (including phenoxy) is 3. The molecule has 1 fully saturated rings. The van der Waals surface area contributed by atoms with Crippen molar-refractivity contribution >= 4 is 18.3 Å². The highest BCUT2D eigenvalue weighted by Crippen LogP contribution is 2.40. The van der Waals surface area contributed by atoms with Gasteiger partial charge in [0.05, 0.1) is 7.11 Å². The van der Waals surface area contributed by atoms with Gasteiger partial charge in [-0.2, -0.15) is 0 Å². The van der Waals surface area contributed by atoms with Crippen molar-refractivity contribution in [2.24, 2.45) is 0 Å². The summed E-state index contributed by atoms with van der Waals surface area (Å²) in [7, 11) is 1.56. The van der Waals surface area contributed by atoms with Gasteiger partial charge in [0.15, 0.2) is 11.5 Å². The highest BCUT2D eigenvalue weighted by atomic mass is 35.5. The van der Waals surface area contributed by atoms with E-state index in [-0.39, 0.29) is 30.4 Å². The Bertz CT molecular complexity index is 550. The number of methoxy groups -OCH3 is 1. The number of carbonyl (C=O) groups excluding carboxylic acids is 1. The number of hydrogen-bond donors (Lipinski definition) is 2. The Morgan fingerprint density at radius 2 is 2.13 bits per heavy atom. The molecule has 0 bridgehead atoms. The summed E-state index contributed by atoms with van der Waals surface area (Å²) < 4.78 is 16.4. The van der Waals surface area contributed by atoms with Crippen LogP contribution in [0.25, 0.3) is 0 Å². The van der Waals surface area contributed by atoms with E-state index in [0.717, 1.165) is 19.4 Å². The molecule has 1 aromatic carbocycles. The van der Waals surface area contributed by atoms with Crippen LogP contribution in [0.5, 0.6) is 17.2 Å². The van der Waals surface area contributed by atoms with Crippen LogP contribution in [0.15, 0.2) is 12.1 Å². The van der Waals surface area contributed by atoms with E-state index in [1.807, 2.05) is 0 Å². The first kappa shape index (κ1) is 17.7. The maximum absolute atomic E-state index is 12.5. The Labute approximate surface area is 142 Å². The van der Waals surface area contributed by atoms with Crippen LogP contribution < -0.4 is 24.8 Å². The third-order valence-electron chi connectivity index (χ3n) is 4.17. The molecule has 6 nitrogen and oxygen atoms in total. The van der Waals surface area contributed by atoms with Gasteiger partial charge in [-0.05, 0) is 38.4 Å². The second-order valence-corrected chi connectivity index (χ2v) is 5.67. The molecule has 1 saturated heterocycles. The van der Waals surface area contributed by atoms with Crippen molar-refractivity contribution in [3.63, 3.8) is 0 Å². The molecule has 2 aliphatic heterocycles. The summed E-state index contributed by atoms with van der Waals surface area (Å²) in [6, 6.07) is 3.83. The Morgan fingerprint density at radius 1 is 1.35 bits per heavy atom. The smallest absolute Gasteiger partial charge is 0.251 e. The highest BCUT2D eigenvalue weighted by molar-refractivity contribution is 5.96. The summed E-state index contributed by atoms with van der Waals surface area (Å²) >= 11 is 0. The van der Waals surface area contributed by atoms with E-state index in [9.17, 15) is 4.79 Å². The van der Waals surface area contributed by atoms with Crippen molar-refractivity contribution in [1.82, 2.24) is 10.6 Å². The Kier molecular flexibility index (Phi) is 5.96. The summed E-state index contributed by atoms with van der Waals surface area (Å²) in [4.78, 5) is 12.5. The standard InChI is InChI=1S/C16H22N2O4.ClH/c1-10-12(4-3-5-17-10)18-16(19)11-8-13(20-2)15-14(9-11)21-6-7-22-15;/h8-10,12,17H,3-7H2,1-2H3,(H,18,19);1H. The number of rotatable bonds is 3. The van der Waals surface area contributed by atoms with Gasteiger partial charge in [-0.3, -0.25) is 4.79 Å². The van der Waals surface area contributed by atoms with Gasteiger partial charge in [-0.25, -0.2) is 0 Å². The first-order chi connectivity index (χ1) is 10.7. The van der Waals surface area contributed by atoms with Crippen LogP contribution in [0.4, 0.5) is 0 Å². The number of piperidine rings is 1. The fraction of sp³-hybridized carbons (Fsp3) is 0.562. The molecule has 0 radical (unpaired) electrons. The molecular weight excluding hydrogens is 320 g/mol. The van der Waals surface area contributed by atoms with Crippen molar-refractivity contribution in [2.75, 3.05) is 26.9 Å². The number of carbonyl (C=O) groups is 1. The van der Waals surface area contributed by atoms with Crippen molar-refractivity contribution < 1.29 is 19.0 Å². The molecule has 1 aromatic rings. The molecule has 0 aromatic heterocycles. The van der Waals surface area contributed by atoms with Gasteiger partial charge < -0.3 is 24.8 Å². The van der Waals surface area contributed by atoms with Gasteiger partial charge in [0, 0.05) is 17.6 Å². The fourth-order valence-corrected chi connectivity index (χ4v) is 2.90. The molecule has 2 unspecified atom stereocenters. The lowest BCUT2D eigenvalue weighted by Crippen LogP contribution is -2.51. The number of hydrogen-bond acceptors (Lipinski definition) is 5. The number of fused-ring (bicyclic) bond motifs is 1. The predicted molar refractivity (Wildman–Crippen MR) is 89.2 cm³/mol. The quantitative estimate of drug-likeness (QED) is 0.876. The summed E-state index contributed by atoms with van der Waals surface area (Å²) in [6.45, 7) is 4.06. The minimum atomic E-state index is -0.115. The zero-order valence-electron chi connectivity index (χ0n) is 13.4. The maximum Gasteiger partial charge on any atom is 0.251 e. The normalized spacial score (nSPS) is 22.7. The number of benzene rings is 1. The number of nitrogens with one attached hydrogen (secondary N) is 2. The van der Waals surface area contributed by atoms with Gasteiger partial charge in [-0.15, -0.1) is 12.4 Å². The average Bonchev–Trinajstić information content (AvgIpc) is 2.55. The Morgan fingerprint density at radius 3 is 2.87 bits per heavy atom. The van der Waals surface area contributed by atoms with Gasteiger partial charge >= 0.3 is 0 Å². The van der Waals surface area contributed by atoms with Crippen molar-refractivity contribution in [3.8, 4) is 17.2 Å². The number of halogens is 1. The summed E-state index contributed by atoms with van der Waals surface area (Å²) in [6.07, 6.45) is 2.06. The molecule has 2 N–H and O–H groups in total. The molecule has 2 heterocycles. The molecule has 0 aliphatic carbocycles. The van der Waals surface area contributed by atoms with Crippen LogP contribution in [0.1, 0.15) is 30.1 Å². The van der Waals surface area contributed by atoms with E-state index in [1.54, 1.807) is 19.2 Å². The SMILES string of the molecule is COc1cc(C(=O)NC2CCCNC2C)cc2c1OCCO2.Cl. The molecule has 2 atom stereocenters. The monoisotopic (exact) mass is 342 g/mol. The molecule has 1 amide bonds. The van der Waals surface area contributed by atoms with Crippen LogP contribution in [-0.2, 0) is 0 Å². The molecule has 23 heavy (non-hydrogen) atoms. The molecule has 2 aliphatic rings. The van der Waals surface area contributed by atoms with E-state index in [2.05, 4.69) is 17.6 Å². The second kappa shape index (κ2) is 7.75. The lowest BCUT2D eigenvalue weighted by Gasteiger charge is -2.30. The van der Waals surface area contributed by atoms with Crippen LogP contribution >= 0.6 is 12.4 Å². The van der Waals surface area contributed by atoms with Crippen molar-refractivity contribution in [2.45, 2.75) is 31.8 Å². The average molecular weight is 343 g/mol. The molecule has 128 valence electrons. The van der Waals surface area contributed by atoms with Crippen molar-refractivity contribution in [3.05, 3.63) is 17.7 Å². The predicted octanol–water partition coefficient (Wildman–Crippen LogP) is 1.76. The minimum absolute atomic E-state index is 0. The van der Waals surface area contributed by atoms with Gasteiger partial charge in [0.2, 0.25) is 5.75 Å². The second-order valence-electron chi connectivity index (χ2n) is 5.67. The third-order valence-corrected chi connectivity index (χ3v) is 4.17. The zero-order valence-corrected chi connectivity index (χ0v) is 14.2. The van der Waals surface area contributed by atoms with Gasteiger partial charge in [0.1, 0.15) is 13.2 Å². The number of amides is 1. The van der Waals surface area contributed by atoms with E-state index >= 15 is 0 Å². The molecular formula is C16H23ClN2O4. The van der Waals surface area contributed by atoms with E-state index in [0.29, 0.717) is 36.0 Å². The lowest BCUT2D eigenvalue weighted by molar-refractivity contribution is 0.0918. The van der Waals surface area contributed by atoms with Crippen molar-refractivity contribution in [1.29, 1.82) is 0 Å². The summed E-state index contributed by atoms with van der Waals surface area (Å²) in [5.41, 5.74) is 0.527. The van der Waals surface area contributed by atoms with E-state index in [4.69, 9.17) is 14.2 Å². The molecule has 3 rings (SSSR count). The minimum Gasteiger partial charge on any atom is -0.493 e. The van der Waals surface area contributed by atoms with Gasteiger partial charge in [-0.1, -0.05) is 0 Å². The largest absolute Gasteiger partial charge is 0.493 e. The summed E-state index contributed by atoms with van der Waals surface area (Å²) in [5, 5.41) is 6.47. The van der Waals surface area contributed by atoms with Gasteiger partial charge in [0.25, 0.3) is 5.91 Å². The van der Waals surface area contributed by atoms with Crippen LogP contribution in [0.2, 0.25) is 0 Å². The first-order valence-electron chi connectivity index (χ1n) is 7.71. The molecule has 0 spiro atoms. The third kappa shape index (κ3) is 3.82. The van der Waals surface area contributed by atoms with E-state index < -0.39 is 0 Å². The fourth-order valence-electron chi connectivity index (χ4n) is 2.90. The molecule has 0 saturated carbocycles. The maximum atomic E-state index is 12.5. The van der Waals surface area contributed by atoms with E-state index in [1.165, 1.54) is 0 Å². The Hall–Kier alpha value is -1.66. The first-order valence-corrected chi connectivity index (χ1v) is 7.71.